The second-order valence-electron chi connectivity index (χ2n) is 8.09. The molecule has 0 radical (unpaired) electrons. The molecule has 3 nitrogen and oxygen atoms in total. The van der Waals surface area contributed by atoms with E-state index in [-0.39, 0.29) is 5.41 Å². The summed E-state index contributed by atoms with van der Waals surface area (Å²) in [6, 6.07) is 10.8. The number of hydrogen-bond donors (Lipinski definition) is 1. The topological polar surface area (TPSA) is 26.7 Å². The summed E-state index contributed by atoms with van der Waals surface area (Å²) in [5.74, 6) is 0.977. The maximum absolute atomic E-state index is 9.94. The smallest absolute Gasteiger partial charge is 0.115 e. The SMILES string of the molecule is C[C@H]1CN2CCN(Cc3ccsc3)C[C@H]2C[C@@]1(C)c1cccc(O)c1. The third-order valence-corrected chi connectivity index (χ3v) is 7.17. The van der Waals surface area contributed by atoms with E-state index in [9.17, 15) is 5.11 Å². The maximum Gasteiger partial charge on any atom is 0.115 e. The van der Waals surface area contributed by atoms with Gasteiger partial charge in [0.1, 0.15) is 5.75 Å². The quantitative estimate of drug-likeness (QED) is 0.902. The lowest BCUT2D eigenvalue weighted by atomic mass is 9.65. The van der Waals surface area contributed by atoms with Crippen molar-refractivity contribution < 1.29 is 5.11 Å². The van der Waals surface area contributed by atoms with Gasteiger partial charge in [0.2, 0.25) is 0 Å². The highest BCUT2D eigenvalue weighted by molar-refractivity contribution is 7.07. The van der Waals surface area contributed by atoms with Crippen LogP contribution in [0.4, 0.5) is 0 Å². The lowest BCUT2D eigenvalue weighted by molar-refractivity contribution is -0.00554. The minimum absolute atomic E-state index is 0.130. The largest absolute Gasteiger partial charge is 0.508 e. The van der Waals surface area contributed by atoms with E-state index >= 15 is 0 Å². The molecule has 134 valence electrons. The molecule has 25 heavy (non-hydrogen) atoms. The first-order valence-electron chi connectivity index (χ1n) is 9.31. The molecule has 0 amide bonds. The molecule has 2 aliphatic heterocycles. The number of piperazine rings is 1. The first-order chi connectivity index (χ1) is 12.0. The molecule has 2 aromatic rings. The molecule has 3 heterocycles. The minimum Gasteiger partial charge on any atom is -0.508 e. The standard InChI is InChI=1S/C21H28N2OS/c1-16-12-23-8-7-22(13-17-6-9-25-15-17)14-19(23)11-21(16,2)18-4-3-5-20(24)10-18/h3-6,9-10,15-16,19,24H,7-8,11-14H2,1-2H3/t16-,19+,21+/m0/s1. The number of thiophene rings is 1. The predicted octanol–water partition coefficient (Wildman–Crippen LogP) is 3.94. The Morgan fingerprint density at radius 2 is 2.12 bits per heavy atom. The first kappa shape index (κ1) is 17.1. The summed E-state index contributed by atoms with van der Waals surface area (Å²) < 4.78 is 0. The summed E-state index contributed by atoms with van der Waals surface area (Å²) in [5.41, 5.74) is 2.86. The molecule has 4 rings (SSSR count). The van der Waals surface area contributed by atoms with Crippen LogP contribution in [0.2, 0.25) is 0 Å². The highest BCUT2D eigenvalue weighted by Gasteiger charge is 2.44. The zero-order valence-electron chi connectivity index (χ0n) is 15.2. The highest BCUT2D eigenvalue weighted by atomic mass is 32.1. The molecular formula is C21H28N2OS. The highest BCUT2D eigenvalue weighted by Crippen LogP contribution is 2.43. The number of benzene rings is 1. The molecule has 0 spiro atoms. The molecule has 2 fully saturated rings. The van der Waals surface area contributed by atoms with Gasteiger partial charge in [-0.15, -0.1) is 0 Å². The van der Waals surface area contributed by atoms with Crippen molar-refractivity contribution in [3.8, 4) is 5.75 Å². The van der Waals surface area contributed by atoms with Crippen LogP contribution >= 0.6 is 11.3 Å². The maximum atomic E-state index is 9.94. The molecular weight excluding hydrogens is 328 g/mol. The van der Waals surface area contributed by atoms with Gasteiger partial charge in [-0.2, -0.15) is 11.3 Å². The lowest BCUT2D eigenvalue weighted by Gasteiger charge is -2.53. The monoisotopic (exact) mass is 356 g/mol. The number of nitrogens with zero attached hydrogens (tertiary/aromatic N) is 2. The zero-order valence-corrected chi connectivity index (χ0v) is 16.0. The van der Waals surface area contributed by atoms with Crippen molar-refractivity contribution in [1.82, 2.24) is 9.80 Å². The molecule has 1 aromatic carbocycles. The van der Waals surface area contributed by atoms with Crippen molar-refractivity contribution in [2.45, 2.75) is 38.3 Å². The van der Waals surface area contributed by atoms with Crippen molar-refractivity contribution in [3.05, 3.63) is 52.2 Å². The molecule has 2 saturated heterocycles. The van der Waals surface area contributed by atoms with Gasteiger partial charge in [-0.25, -0.2) is 0 Å². The van der Waals surface area contributed by atoms with Crippen LogP contribution in [-0.2, 0) is 12.0 Å². The summed E-state index contributed by atoms with van der Waals surface area (Å²) in [6.45, 7) is 10.5. The third kappa shape index (κ3) is 3.35. The van der Waals surface area contributed by atoms with Crippen LogP contribution in [0.15, 0.2) is 41.1 Å². The van der Waals surface area contributed by atoms with Crippen LogP contribution in [-0.4, -0.2) is 47.1 Å². The van der Waals surface area contributed by atoms with E-state index in [1.165, 1.54) is 24.2 Å². The second-order valence-corrected chi connectivity index (χ2v) is 8.87. The molecule has 0 saturated carbocycles. The number of rotatable bonds is 3. The Balaban J connectivity index is 1.51. The molecule has 0 unspecified atom stereocenters. The van der Waals surface area contributed by atoms with Gasteiger partial charge in [0, 0.05) is 38.8 Å². The molecule has 1 aromatic heterocycles. The van der Waals surface area contributed by atoms with Gasteiger partial charge in [0.15, 0.2) is 0 Å². The average molecular weight is 357 g/mol. The van der Waals surface area contributed by atoms with Crippen molar-refractivity contribution in [3.63, 3.8) is 0 Å². The number of phenolic OH excluding ortho intramolecular Hbond substituents is 1. The van der Waals surface area contributed by atoms with Gasteiger partial charge in [-0.1, -0.05) is 26.0 Å². The van der Waals surface area contributed by atoms with Crippen molar-refractivity contribution in [2.24, 2.45) is 5.92 Å². The van der Waals surface area contributed by atoms with Gasteiger partial charge in [-0.05, 0) is 57.8 Å². The van der Waals surface area contributed by atoms with Crippen molar-refractivity contribution >= 4 is 11.3 Å². The van der Waals surface area contributed by atoms with Gasteiger partial charge in [0.25, 0.3) is 0 Å². The summed E-state index contributed by atoms with van der Waals surface area (Å²) in [4.78, 5) is 5.31. The fourth-order valence-corrected chi connectivity index (χ4v) is 5.34. The average Bonchev–Trinajstić information content (AvgIpc) is 3.09. The van der Waals surface area contributed by atoms with Gasteiger partial charge >= 0.3 is 0 Å². The van der Waals surface area contributed by atoms with E-state index in [1.807, 2.05) is 12.1 Å². The Morgan fingerprint density at radius 1 is 1.24 bits per heavy atom. The van der Waals surface area contributed by atoms with Crippen LogP contribution in [0.25, 0.3) is 0 Å². The summed E-state index contributed by atoms with van der Waals surface area (Å²) in [7, 11) is 0. The summed E-state index contributed by atoms with van der Waals surface area (Å²) in [6.07, 6.45) is 1.16. The number of fused-ring (bicyclic) bond motifs is 1. The Bertz CT molecular complexity index is 716. The van der Waals surface area contributed by atoms with Crippen LogP contribution in [0.5, 0.6) is 5.75 Å². The molecule has 2 aliphatic rings. The Hall–Kier alpha value is -1.36. The van der Waals surface area contributed by atoms with Crippen LogP contribution < -0.4 is 0 Å². The number of phenols is 1. The van der Waals surface area contributed by atoms with E-state index in [0.717, 1.165) is 26.1 Å². The fourth-order valence-electron chi connectivity index (χ4n) is 4.68. The number of hydrogen-bond acceptors (Lipinski definition) is 4. The Labute approximate surface area is 154 Å². The van der Waals surface area contributed by atoms with Gasteiger partial charge < -0.3 is 5.11 Å². The van der Waals surface area contributed by atoms with E-state index in [4.69, 9.17) is 0 Å². The molecule has 1 N–H and O–H groups in total. The van der Waals surface area contributed by atoms with Gasteiger partial charge in [0.05, 0.1) is 0 Å². The molecule has 0 bridgehead atoms. The molecule has 3 atom stereocenters. The first-order valence-corrected chi connectivity index (χ1v) is 10.3. The van der Waals surface area contributed by atoms with Gasteiger partial charge in [-0.3, -0.25) is 9.80 Å². The Morgan fingerprint density at radius 3 is 2.88 bits per heavy atom. The lowest BCUT2D eigenvalue weighted by Crippen LogP contribution is -2.60. The number of aromatic hydroxyl groups is 1. The van der Waals surface area contributed by atoms with E-state index in [0.29, 0.717) is 17.7 Å². The second kappa shape index (κ2) is 6.75. The molecule has 0 aliphatic carbocycles. The summed E-state index contributed by atoms with van der Waals surface area (Å²) in [5, 5.41) is 14.4. The number of piperidine rings is 1. The van der Waals surface area contributed by atoms with E-state index in [1.54, 1.807) is 17.4 Å². The normalized spacial score (nSPS) is 31.0. The predicted molar refractivity (Wildman–Crippen MR) is 104 cm³/mol. The van der Waals surface area contributed by atoms with E-state index < -0.39 is 0 Å². The fraction of sp³-hybridized carbons (Fsp3) is 0.524. The zero-order chi connectivity index (χ0) is 17.4. The van der Waals surface area contributed by atoms with Crippen LogP contribution in [0.3, 0.4) is 0 Å². The van der Waals surface area contributed by atoms with Crippen molar-refractivity contribution in [2.75, 3.05) is 26.2 Å². The summed E-state index contributed by atoms with van der Waals surface area (Å²) >= 11 is 1.79. The Kier molecular flexibility index (Phi) is 4.61. The van der Waals surface area contributed by atoms with Crippen LogP contribution in [0, 0.1) is 5.92 Å². The van der Waals surface area contributed by atoms with Crippen molar-refractivity contribution in [1.29, 1.82) is 0 Å². The molecule has 4 heteroatoms. The van der Waals surface area contributed by atoms with Crippen LogP contribution in [0.1, 0.15) is 31.4 Å². The minimum atomic E-state index is 0.130. The van der Waals surface area contributed by atoms with E-state index in [2.05, 4.69) is 46.5 Å². The third-order valence-electron chi connectivity index (χ3n) is 6.44.